The van der Waals surface area contributed by atoms with Crippen molar-refractivity contribution >= 4 is 17.3 Å². The molecule has 27 heavy (non-hydrogen) atoms. The molecule has 0 radical (unpaired) electrons. The van der Waals surface area contributed by atoms with E-state index < -0.39 is 5.91 Å². The maximum Gasteiger partial charge on any atom is 0.274 e. The van der Waals surface area contributed by atoms with Crippen molar-refractivity contribution in [1.29, 1.82) is 0 Å². The van der Waals surface area contributed by atoms with E-state index >= 15 is 0 Å². The van der Waals surface area contributed by atoms with E-state index in [1.54, 1.807) is 17.6 Å². The van der Waals surface area contributed by atoms with Gasteiger partial charge in [0, 0.05) is 16.7 Å². The van der Waals surface area contributed by atoms with E-state index in [0.29, 0.717) is 12.2 Å². The molecule has 0 bridgehead atoms. The van der Waals surface area contributed by atoms with Crippen molar-refractivity contribution in [3.63, 3.8) is 0 Å². The summed E-state index contributed by atoms with van der Waals surface area (Å²) in [5, 5.41) is 8.80. The number of amides is 1. The number of carbonyl (C=O) groups excluding carboxylic acids is 1. The maximum atomic E-state index is 11.6. The Bertz CT molecular complexity index is 1040. The van der Waals surface area contributed by atoms with Crippen LogP contribution < -0.4 is 10.2 Å². The number of aryl methyl sites for hydroxylation is 1. The lowest BCUT2D eigenvalue weighted by molar-refractivity contribution is 0.0706. The largest absolute Gasteiger partial charge is 0.486 e. The Hall–Kier alpha value is -3.44. The molecule has 5 heteroatoms. The van der Waals surface area contributed by atoms with E-state index in [1.807, 2.05) is 61.5 Å². The standard InChI is InChI=1S/C22H18N2O3/c1-14-5-4-8-19-21(14)27-13-17-6-2-3-7-18(17)20(23-19)15-9-11-16(12-10-15)22(25)24-26/h2-12,26H,13H2,1H3,(H,24,25). The molecule has 1 amide bonds. The average molecular weight is 358 g/mol. The lowest BCUT2D eigenvalue weighted by Crippen LogP contribution is -2.18. The Labute approximate surface area is 156 Å². The summed E-state index contributed by atoms with van der Waals surface area (Å²) in [5.41, 5.74) is 7.56. The van der Waals surface area contributed by atoms with Gasteiger partial charge in [0.15, 0.2) is 0 Å². The van der Waals surface area contributed by atoms with E-state index in [-0.39, 0.29) is 0 Å². The number of para-hydroxylation sites is 1. The van der Waals surface area contributed by atoms with E-state index in [9.17, 15) is 4.79 Å². The van der Waals surface area contributed by atoms with Gasteiger partial charge in [-0.1, -0.05) is 48.5 Å². The monoisotopic (exact) mass is 358 g/mol. The fourth-order valence-electron chi connectivity index (χ4n) is 3.18. The molecule has 0 atom stereocenters. The van der Waals surface area contributed by atoms with Crippen LogP contribution in [0.1, 0.15) is 32.6 Å². The predicted octanol–water partition coefficient (Wildman–Crippen LogP) is 4.18. The fraction of sp³-hybridized carbons (Fsp3) is 0.0909. The summed E-state index contributed by atoms with van der Waals surface area (Å²) < 4.78 is 6.05. The molecule has 1 aliphatic rings. The van der Waals surface area contributed by atoms with E-state index in [1.165, 1.54) is 0 Å². The van der Waals surface area contributed by atoms with E-state index in [2.05, 4.69) is 0 Å². The molecular formula is C22H18N2O3. The second kappa shape index (κ2) is 7.05. The number of nitrogens with zero attached hydrogens (tertiary/aromatic N) is 1. The lowest BCUT2D eigenvalue weighted by atomic mass is 9.96. The molecule has 134 valence electrons. The normalized spacial score (nSPS) is 12.6. The van der Waals surface area contributed by atoms with Crippen LogP contribution in [0.5, 0.6) is 5.75 Å². The molecule has 3 aromatic carbocycles. The lowest BCUT2D eigenvalue weighted by Gasteiger charge is -2.19. The third kappa shape index (κ3) is 3.20. The van der Waals surface area contributed by atoms with Crippen LogP contribution >= 0.6 is 0 Å². The van der Waals surface area contributed by atoms with Gasteiger partial charge in [0.25, 0.3) is 5.91 Å². The van der Waals surface area contributed by atoms with Crippen molar-refractivity contribution in [1.82, 2.24) is 5.48 Å². The number of nitrogens with one attached hydrogen (secondary N) is 1. The molecule has 0 saturated carbocycles. The highest BCUT2D eigenvalue weighted by Crippen LogP contribution is 2.35. The van der Waals surface area contributed by atoms with Crippen molar-refractivity contribution in [2.24, 2.45) is 4.99 Å². The Kier molecular flexibility index (Phi) is 4.44. The van der Waals surface area contributed by atoms with E-state index in [4.69, 9.17) is 14.9 Å². The number of ether oxygens (including phenoxy) is 1. The number of aliphatic imine (C=N–C) groups is 1. The summed E-state index contributed by atoms with van der Waals surface area (Å²) in [6.07, 6.45) is 0. The van der Waals surface area contributed by atoms with Crippen LogP contribution in [0.3, 0.4) is 0 Å². The van der Waals surface area contributed by atoms with Gasteiger partial charge in [-0.25, -0.2) is 10.5 Å². The van der Waals surface area contributed by atoms with Crippen molar-refractivity contribution in [2.75, 3.05) is 0 Å². The third-order valence-corrected chi connectivity index (χ3v) is 4.59. The molecule has 5 nitrogen and oxygen atoms in total. The van der Waals surface area contributed by atoms with E-state index in [0.717, 1.165) is 39.4 Å². The highest BCUT2D eigenvalue weighted by molar-refractivity contribution is 6.15. The first-order valence-corrected chi connectivity index (χ1v) is 8.61. The zero-order valence-corrected chi connectivity index (χ0v) is 14.8. The number of hydroxylamine groups is 1. The van der Waals surface area contributed by atoms with Crippen LogP contribution in [0.2, 0.25) is 0 Å². The van der Waals surface area contributed by atoms with Crippen LogP contribution in [0, 0.1) is 6.92 Å². The minimum Gasteiger partial charge on any atom is -0.486 e. The van der Waals surface area contributed by atoms with Crippen molar-refractivity contribution in [3.8, 4) is 5.75 Å². The molecule has 2 N–H and O–H groups in total. The minimum atomic E-state index is -0.545. The molecule has 0 fully saturated rings. The van der Waals surface area contributed by atoms with Gasteiger partial charge in [0.05, 0.1) is 5.71 Å². The van der Waals surface area contributed by atoms with Gasteiger partial charge in [-0.3, -0.25) is 10.0 Å². The first-order chi connectivity index (χ1) is 13.2. The fourth-order valence-corrected chi connectivity index (χ4v) is 3.18. The molecule has 1 aliphatic heterocycles. The van der Waals surface area contributed by atoms with Gasteiger partial charge < -0.3 is 4.74 Å². The van der Waals surface area contributed by atoms with Crippen LogP contribution in [0.15, 0.2) is 71.7 Å². The molecule has 0 aliphatic carbocycles. The molecule has 0 spiro atoms. The Morgan fingerprint density at radius 2 is 1.81 bits per heavy atom. The molecule has 0 aromatic heterocycles. The number of hydrogen-bond donors (Lipinski definition) is 2. The SMILES string of the molecule is Cc1cccc2c1OCc1ccccc1C(c1ccc(C(=O)NO)cc1)=N2. The smallest absolute Gasteiger partial charge is 0.274 e. The number of carbonyl (C=O) groups is 1. The summed E-state index contributed by atoms with van der Waals surface area (Å²) in [4.78, 5) is 16.5. The van der Waals surface area contributed by atoms with Gasteiger partial charge in [0.2, 0.25) is 0 Å². The highest BCUT2D eigenvalue weighted by Gasteiger charge is 2.18. The topological polar surface area (TPSA) is 70.9 Å². The molecular weight excluding hydrogens is 340 g/mol. The zero-order valence-electron chi connectivity index (χ0n) is 14.8. The molecule has 1 heterocycles. The van der Waals surface area contributed by atoms with Crippen LogP contribution in [0.25, 0.3) is 0 Å². The maximum absolute atomic E-state index is 11.6. The average Bonchev–Trinajstić information content (AvgIpc) is 2.69. The van der Waals surface area contributed by atoms with Gasteiger partial charge >= 0.3 is 0 Å². The number of rotatable bonds is 2. The quantitative estimate of drug-likeness (QED) is 0.533. The van der Waals surface area contributed by atoms with Gasteiger partial charge in [-0.2, -0.15) is 0 Å². The molecule has 3 aromatic rings. The number of hydrogen-bond acceptors (Lipinski definition) is 4. The number of benzene rings is 3. The second-order valence-electron chi connectivity index (χ2n) is 6.35. The summed E-state index contributed by atoms with van der Waals surface area (Å²) in [6, 6.07) is 20.9. The second-order valence-corrected chi connectivity index (χ2v) is 6.35. The van der Waals surface area contributed by atoms with Crippen molar-refractivity contribution < 1.29 is 14.7 Å². The Balaban J connectivity index is 1.90. The Morgan fingerprint density at radius 3 is 2.59 bits per heavy atom. The predicted molar refractivity (Wildman–Crippen MR) is 103 cm³/mol. The van der Waals surface area contributed by atoms with Gasteiger partial charge in [0.1, 0.15) is 18.0 Å². The first kappa shape index (κ1) is 17.0. The summed E-state index contributed by atoms with van der Waals surface area (Å²) in [5.74, 6) is 0.233. The molecule has 0 unspecified atom stereocenters. The highest BCUT2D eigenvalue weighted by atomic mass is 16.5. The molecule has 0 saturated heterocycles. The van der Waals surface area contributed by atoms with Crippen LogP contribution in [-0.4, -0.2) is 16.8 Å². The van der Waals surface area contributed by atoms with Crippen molar-refractivity contribution in [2.45, 2.75) is 13.5 Å². The summed E-state index contributed by atoms with van der Waals surface area (Å²) in [6.45, 7) is 2.46. The zero-order chi connectivity index (χ0) is 18.8. The first-order valence-electron chi connectivity index (χ1n) is 8.61. The van der Waals surface area contributed by atoms with Crippen molar-refractivity contribution in [3.05, 3.63) is 94.5 Å². The third-order valence-electron chi connectivity index (χ3n) is 4.59. The summed E-state index contributed by atoms with van der Waals surface area (Å²) >= 11 is 0. The Morgan fingerprint density at radius 1 is 1.04 bits per heavy atom. The summed E-state index contributed by atoms with van der Waals surface area (Å²) in [7, 11) is 0. The minimum absolute atomic E-state index is 0.376. The molecule has 4 rings (SSSR count). The van der Waals surface area contributed by atoms with Crippen LogP contribution in [0.4, 0.5) is 5.69 Å². The van der Waals surface area contributed by atoms with Crippen LogP contribution in [-0.2, 0) is 6.61 Å². The van der Waals surface area contributed by atoms with Gasteiger partial charge in [-0.15, -0.1) is 0 Å². The van der Waals surface area contributed by atoms with Gasteiger partial charge in [-0.05, 0) is 36.2 Å². The number of fused-ring (bicyclic) bond motifs is 2.